The van der Waals surface area contributed by atoms with Gasteiger partial charge in [0.25, 0.3) is 0 Å². The van der Waals surface area contributed by atoms with Gasteiger partial charge in [-0.25, -0.2) is 9.37 Å². The number of rotatable bonds is 3. The summed E-state index contributed by atoms with van der Waals surface area (Å²) in [5, 5.41) is 7.84. The molecule has 3 aromatic rings. The molecule has 0 fully saturated rings. The summed E-state index contributed by atoms with van der Waals surface area (Å²) in [5.41, 5.74) is 9.15. The maximum Gasteiger partial charge on any atom is 0.205 e. The van der Waals surface area contributed by atoms with Crippen LogP contribution in [-0.2, 0) is 0 Å². The van der Waals surface area contributed by atoms with Crippen molar-refractivity contribution in [2.75, 3.05) is 11.2 Å². The normalized spacial score (nSPS) is 11.2. The molecule has 0 aliphatic heterocycles. The van der Waals surface area contributed by atoms with Gasteiger partial charge in [-0.1, -0.05) is 30.3 Å². The van der Waals surface area contributed by atoms with Gasteiger partial charge >= 0.3 is 0 Å². The zero-order valence-electron chi connectivity index (χ0n) is 10.4. The minimum absolute atomic E-state index is 0.238. The van der Waals surface area contributed by atoms with Crippen LogP contribution in [0.15, 0.2) is 46.9 Å². The number of nitrogens with two attached hydrogens (primary N) is 1. The lowest BCUT2D eigenvalue weighted by Crippen LogP contribution is -1.92. The van der Waals surface area contributed by atoms with E-state index in [9.17, 15) is 4.39 Å². The minimum Gasteiger partial charge on any atom is -0.383 e. The third kappa shape index (κ3) is 2.46. The molecule has 0 saturated heterocycles. The highest BCUT2D eigenvalue weighted by Gasteiger charge is 2.02. The molecule has 6 heteroatoms. The molecular weight excluding hydrogens is 275 g/mol. The Balaban J connectivity index is 1.89. The standard InChI is InChI=1S/C14H11FN4S/c15-12-6-2-4-10-9(3-1-5-11(10)12)7-17-19-14-18-13(16)8-20-14/h1-8H,16H2,(H,18,19). The van der Waals surface area contributed by atoms with Gasteiger partial charge in [-0.3, -0.25) is 5.43 Å². The van der Waals surface area contributed by atoms with Crippen molar-refractivity contribution >= 4 is 39.3 Å². The minimum atomic E-state index is -0.238. The van der Waals surface area contributed by atoms with E-state index < -0.39 is 0 Å². The van der Waals surface area contributed by atoms with Gasteiger partial charge in [0.2, 0.25) is 5.13 Å². The Morgan fingerprint density at radius 3 is 2.80 bits per heavy atom. The van der Waals surface area contributed by atoms with E-state index in [1.165, 1.54) is 17.4 Å². The number of nitrogens with zero attached hydrogens (tertiary/aromatic N) is 2. The van der Waals surface area contributed by atoms with Gasteiger partial charge in [-0.15, -0.1) is 11.3 Å². The van der Waals surface area contributed by atoms with Gasteiger partial charge in [0.05, 0.1) is 6.21 Å². The van der Waals surface area contributed by atoms with Gasteiger partial charge in [-0.05, 0) is 11.5 Å². The van der Waals surface area contributed by atoms with Crippen LogP contribution in [0.25, 0.3) is 10.8 Å². The summed E-state index contributed by atoms with van der Waals surface area (Å²) in [4.78, 5) is 4.03. The van der Waals surface area contributed by atoms with E-state index in [0.717, 1.165) is 10.9 Å². The first-order valence-corrected chi connectivity index (χ1v) is 6.79. The number of anilines is 2. The predicted molar refractivity (Wildman–Crippen MR) is 81.6 cm³/mol. The molecule has 0 radical (unpaired) electrons. The van der Waals surface area contributed by atoms with E-state index in [0.29, 0.717) is 16.3 Å². The molecule has 0 amide bonds. The third-order valence-corrected chi connectivity index (χ3v) is 3.55. The monoisotopic (exact) mass is 286 g/mol. The van der Waals surface area contributed by atoms with Crippen LogP contribution in [0, 0.1) is 5.82 Å². The second-order valence-corrected chi connectivity index (χ2v) is 4.99. The zero-order chi connectivity index (χ0) is 13.9. The van der Waals surface area contributed by atoms with Crippen LogP contribution in [0.2, 0.25) is 0 Å². The Bertz CT molecular complexity index is 782. The number of thiazole rings is 1. The SMILES string of the molecule is Nc1csc(NN=Cc2cccc3c(F)cccc23)n1. The predicted octanol–water partition coefficient (Wildman–Crippen LogP) is 3.46. The quantitative estimate of drug-likeness (QED) is 0.572. The summed E-state index contributed by atoms with van der Waals surface area (Å²) in [6.45, 7) is 0. The fraction of sp³-hybridized carbons (Fsp3) is 0. The van der Waals surface area contributed by atoms with Crippen LogP contribution in [0.1, 0.15) is 5.56 Å². The maximum atomic E-state index is 13.7. The van der Waals surface area contributed by atoms with Crippen molar-refractivity contribution in [3.05, 3.63) is 53.2 Å². The molecule has 100 valence electrons. The largest absolute Gasteiger partial charge is 0.383 e. The topological polar surface area (TPSA) is 63.3 Å². The lowest BCUT2D eigenvalue weighted by atomic mass is 10.1. The number of halogens is 1. The van der Waals surface area contributed by atoms with Gasteiger partial charge in [0.15, 0.2) is 0 Å². The second kappa shape index (κ2) is 5.26. The molecule has 0 bridgehead atoms. The lowest BCUT2D eigenvalue weighted by Gasteiger charge is -2.02. The fourth-order valence-corrected chi connectivity index (χ4v) is 2.45. The summed E-state index contributed by atoms with van der Waals surface area (Å²) >= 11 is 1.37. The Morgan fingerprint density at radius 1 is 1.20 bits per heavy atom. The number of benzene rings is 2. The van der Waals surface area contributed by atoms with Gasteiger partial charge < -0.3 is 5.73 Å². The summed E-state index contributed by atoms with van der Waals surface area (Å²) in [6, 6.07) is 10.4. The van der Waals surface area contributed by atoms with Crippen LogP contribution < -0.4 is 11.2 Å². The molecule has 0 aliphatic rings. The van der Waals surface area contributed by atoms with E-state index in [1.807, 2.05) is 12.1 Å². The maximum absolute atomic E-state index is 13.7. The van der Waals surface area contributed by atoms with E-state index in [2.05, 4.69) is 15.5 Å². The van der Waals surface area contributed by atoms with E-state index >= 15 is 0 Å². The third-order valence-electron chi connectivity index (χ3n) is 2.79. The van der Waals surface area contributed by atoms with Crippen LogP contribution in [0.3, 0.4) is 0 Å². The second-order valence-electron chi connectivity index (χ2n) is 4.13. The number of nitrogen functional groups attached to an aromatic ring is 1. The molecule has 0 saturated carbocycles. The number of hydrogen-bond acceptors (Lipinski definition) is 5. The zero-order valence-corrected chi connectivity index (χ0v) is 11.2. The molecular formula is C14H11FN4S. The molecule has 2 aromatic carbocycles. The highest BCUT2D eigenvalue weighted by Crippen LogP contribution is 2.20. The first-order valence-electron chi connectivity index (χ1n) is 5.91. The number of fused-ring (bicyclic) bond motifs is 1. The van der Waals surface area contributed by atoms with Crippen LogP contribution >= 0.6 is 11.3 Å². The van der Waals surface area contributed by atoms with Crippen molar-refractivity contribution in [3.8, 4) is 0 Å². The molecule has 1 heterocycles. The average molecular weight is 286 g/mol. The molecule has 3 rings (SSSR count). The Kier molecular flexibility index (Phi) is 3.30. The molecule has 0 unspecified atom stereocenters. The Morgan fingerprint density at radius 2 is 2.00 bits per heavy atom. The molecule has 20 heavy (non-hydrogen) atoms. The summed E-state index contributed by atoms with van der Waals surface area (Å²) < 4.78 is 13.7. The van der Waals surface area contributed by atoms with Crippen LogP contribution in [-0.4, -0.2) is 11.2 Å². The van der Waals surface area contributed by atoms with Crippen molar-refractivity contribution in [2.45, 2.75) is 0 Å². The average Bonchev–Trinajstić information content (AvgIpc) is 2.86. The molecule has 3 N–H and O–H groups in total. The molecule has 0 aliphatic carbocycles. The summed E-state index contributed by atoms with van der Waals surface area (Å²) in [6.07, 6.45) is 1.64. The van der Waals surface area contributed by atoms with Crippen molar-refractivity contribution in [1.82, 2.24) is 4.98 Å². The van der Waals surface area contributed by atoms with Gasteiger partial charge in [0.1, 0.15) is 11.6 Å². The molecule has 0 atom stereocenters. The Labute approximate surface area is 118 Å². The van der Waals surface area contributed by atoms with Crippen molar-refractivity contribution in [3.63, 3.8) is 0 Å². The molecule has 1 aromatic heterocycles. The van der Waals surface area contributed by atoms with E-state index in [1.54, 1.807) is 29.8 Å². The smallest absolute Gasteiger partial charge is 0.205 e. The summed E-state index contributed by atoms with van der Waals surface area (Å²) in [5.74, 6) is 0.221. The lowest BCUT2D eigenvalue weighted by molar-refractivity contribution is 0.640. The highest BCUT2D eigenvalue weighted by atomic mass is 32.1. The number of hydrogen-bond donors (Lipinski definition) is 2. The van der Waals surface area contributed by atoms with E-state index in [-0.39, 0.29) is 5.82 Å². The van der Waals surface area contributed by atoms with Gasteiger partial charge in [-0.2, -0.15) is 5.10 Å². The summed E-state index contributed by atoms with van der Waals surface area (Å²) in [7, 11) is 0. The molecule has 4 nitrogen and oxygen atoms in total. The first-order chi connectivity index (χ1) is 9.74. The Hall–Kier alpha value is -2.47. The first kappa shape index (κ1) is 12.6. The highest BCUT2D eigenvalue weighted by molar-refractivity contribution is 7.14. The number of aromatic nitrogens is 1. The van der Waals surface area contributed by atoms with Crippen LogP contribution in [0.4, 0.5) is 15.3 Å². The van der Waals surface area contributed by atoms with Crippen molar-refractivity contribution < 1.29 is 4.39 Å². The van der Waals surface area contributed by atoms with Crippen molar-refractivity contribution in [2.24, 2.45) is 5.10 Å². The fourth-order valence-electron chi connectivity index (χ4n) is 1.90. The van der Waals surface area contributed by atoms with Crippen molar-refractivity contribution in [1.29, 1.82) is 0 Å². The number of nitrogens with one attached hydrogen (secondary N) is 1. The van der Waals surface area contributed by atoms with E-state index in [4.69, 9.17) is 5.73 Å². The van der Waals surface area contributed by atoms with Gasteiger partial charge in [0, 0.05) is 16.3 Å². The molecule has 0 spiro atoms. The van der Waals surface area contributed by atoms with Crippen LogP contribution in [0.5, 0.6) is 0 Å². The number of hydrazone groups is 1.